The highest BCUT2D eigenvalue weighted by atomic mass is 16.5. The zero-order valence-corrected chi connectivity index (χ0v) is 11.8. The van der Waals surface area contributed by atoms with Crippen LogP contribution in [0.25, 0.3) is 0 Å². The average molecular weight is 284 g/mol. The van der Waals surface area contributed by atoms with E-state index in [0.717, 1.165) is 0 Å². The van der Waals surface area contributed by atoms with Gasteiger partial charge in [-0.15, -0.1) is 5.10 Å². The van der Waals surface area contributed by atoms with Gasteiger partial charge in [-0.1, -0.05) is 20.3 Å². The van der Waals surface area contributed by atoms with Crippen molar-refractivity contribution in [1.29, 1.82) is 0 Å². The van der Waals surface area contributed by atoms with E-state index < -0.39 is 18.0 Å². The van der Waals surface area contributed by atoms with Crippen molar-refractivity contribution in [3.8, 4) is 6.01 Å². The van der Waals surface area contributed by atoms with Gasteiger partial charge in [0.05, 0.1) is 6.61 Å². The molecule has 0 spiro atoms. The second-order valence-electron chi connectivity index (χ2n) is 4.26. The van der Waals surface area contributed by atoms with Crippen molar-refractivity contribution in [2.45, 2.75) is 33.2 Å². The van der Waals surface area contributed by atoms with Gasteiger partial charge in [0.15, 0.2) is 0 Å². The maximum absolute atomic E-state index is 12.1. The minimum absolute atomic E-state index is 0.0724. The smallest absolute Gasteiger partial charge is 0.337 e. The molecule has 0 bridgehead atoms. The van der Waals surface area contributed by atoms with Crippen LogP contribution in [0.15, 0.2) is 0 Å². The number of H-pyrrole nitrogens is 1. The highest BCUT2D eigenvalue weighted by Gasteiger charge is 2.26. The number of carbonyl (C=O) groups excluding carboxylic acids is 2. The summed E-state index contributed by atoms with van der Waals surface area (Å²) < 4.78 is 5.07. The first kappa shape index (κ1) is 15.7. The molecule has 1 heterocycles. The summed E-state index contributed by atoms with van der Waals surface area (Å²) >= 11 is 0. The fraction of sp³-hybridized carbons (Fsp3) is 0.636. The standard InChI is InChI=1S/C11H20N6O3/c1-4-6(3)7(13-9(12)19)8(18)14-10-15-11(17-16-10)20-5-2/h6-7H,4-5H2,1-3H3,(H3,12,13,19)(H2,14,15,16,17,18). The number of amides is 3. The quantitative estimate of drug-likeness (QED) is 0.568. The van der Waals surface area contributed by atoms with Crippen molar-refractivity contribution < 1.29 is 14.3 Å². The van der Waals surface area contributed by atoms with E-state index in [2.05, 4.69) is 25.8 Å². The van der Waals surface area contributed by atoms with Crippen molar-refractivity contribution in [1.82, 2.24) is 20.5 Å². The first-order valence-corrected chi connectivity index (χ1v) is 6.39. The molecule has 1 aromatic heterocycles. The van der Waals surface area contributed by atoms with Gasteiger partial charge >= 0.3 is 12.0 Å². The van der Waals surface area contributed by atoms with E-state index in [4.69, 9.17) is 10.5 Å². The summed E-state index contributed by atoms with van der Waals surface area (Å²) in [5.41, 5.74) is 5.07. The number of aromatic nitrogens is 3. The zero-order chi connectivity index (χ0) is 15.1. The van der Waals surface area contributed by atoms with Gasteiger partial charge in [-0.2, -0.15) is 4.98 Å². The predicted octanol–water partition coefficient (Wildman–Crippen LogP) is 0.225. The predicted molar refractivity (Wildman–Crippen MR) is 72.1 cm³/mol. The van der Waals surface area contributed by atoms with E-state index in [-0.39, 0.29) is 17.9 Å². The molecule has 0 aromatic carbocycles. The zero-order valence-electron chi connectivity index (χ0n) is 11.8. The second kappa shape index (κ2) is 7.31. The average Bonchev–Trinajstić information content (AvgIpc) is 2.82. The molecule has 3 amide bonds. The molecule has 0 radical (unpaired) electrons. The van der Waals surface area contributed by atoms with Crippen LogP contribution >= 0.6 is 0 Å². The van der Waals surface area contributed by atoms with Crippen LogP contribution in [0.3, 0.4) is 0 Å². The Morgan fingerprint density at radius 1 is 1.45 bits per heavy atom. The fourth-order valence-corrected chi connectivity index (χ4v) is 1.55. The van der Waals surface area contributed by atoms with E-state index in [1.807, 2.05) is 13.8 Å². The van der Waals surface area contributed by atoms with Crippen molar-refractivity contribution in [2.24, 2.45) is 11.7 Å². The first-order valence-electron chi connectivity index (χ1n) is 6.39. The Morgan fingerprint density at radius 2 is 2.15 bits per heavy atom. The molecule has 0 aliphatic heterocycles. The Kier molecular flexibility index (Phi) is 5.75. The lowest BCUT2D eigenvalue weighted by Crippen LogP contribution is -2.49. The minimum Gasteiger partial charge on any atom is -0.463 e. The molecule has 5 N–H and O–H groups in total. The van der Waals surface area contributed by atoms with Gasteiger partial charge < -0.3 is 15.8 Å². The Morgan fingerprint density at radius 3 is 2.70 bits per heavy atom. The number of carbonyl (C=O) groups is 2. The number of urea groups is 1. The maximum Gasteiger partial charge on any atom is 0.337 e. The Balaban J connectivity index is 2.71. The van der Waals surface area contributed by atoms with Gasteiger partial charge in [0, 0.05) is 0 Å². The summed E-state index contributed by atoms with van der Waals surface area (Å²) in [6, 6.07) is -1.35. The van der Waals surface area contributed by atoms with Crippen molar-refractivity contribution >= 4 is 17.9 Å². The van der Waals surface area contributed by atoms with Crippen LogP contribution in [0.1, 0.15) is 27.2 Å². The lowest BCUT2D eigenvalue weighted by atomic mass is 9.98. The molecule has 0 fully saturated rings. The summed E-state index contributed by atoms with van der Waals surface area (Å²) in [6.07, 6.45) is 0.707. The van der Waals surface area contributed by atoms with Crippen LogP contribution in [-0.4, -0.2) is 39.8 Å². The summed E-state index contributed by atoms with van der Waals surface area (Å²) in [6.45, 7) is 5.97. The SMILES string of the molecule is CCOc1n[nH]c(NC(=O)C(NC(N)=O)C(C)CC)n1. The third-order valence-electron chi connectivity index (χ3n) is 2.77. The Labute approximate surface area is 116 Å². The van der Waals surface area contributed by atoms with Crippen molar-refractivity contribution in [2.75, 3.05) is 11.9 Å². The van der Waals surface area contributed by atoms with Crippen LogP contribution in [0.5, 0.6) is 6.01 Å². The number of hydrogen-bond donors (Lipinski definition) is 4. The molecule has 9 nitrogen and oxygen atoms in total. The number of nitrogens with two attached hydrogens (primary N) is 1. The van der Waals surface area contributed by atoms with E-state index >= 15 is 0 Å². The van der Waals surface area contributed by atoms with Gasteiger partial charge in [-0.25, -0.2) is 9.89 Å². The highest BCUT2D eigenvalue weighted by molar-refractivity contribution is 5.95. The van der Waals surface area contributed by atoms with Crippen LogP contribution < -0.4 is 21.1 Å². The Bertz CT molecular complexity index is 461. The fourth-order valence-electron chi connectivity index (χ4n) is 1.55. The highest BCUT2D eigenvalue weighted by Crippen LogP contribution is 2.11. The number of primary amides is 1. The topological polar surface area (TPSA) is 135 Å². The molecule has 112 valence electrons. The molecule has 2 unspecified atom stereocenters. The number of rotatable bonds is 7. The van der Waals surface area contributed by atoms with Gasteiger partial charge in [0.2, 0.25) is 11.9 Å². The summed E-state index contributed by atoms with van der Waals surface area (Å²) in [5.74, 6) is -0.341. The van der Waals surface area contributed by atoms with E-state index in [1.54, 1.807) is 6.92 Å². The normalized spacial score (nSPS) is 13.3. The number of hydrogen-bond acceptors (Lipinski definition) is 5. The molecule has 0 aliphatic rings. The molecule has 20 heavy (non-hydrogen) atoms. The monoisotopic (exact) mass is 284 g/mol. The maximum atomic E-state index is 12.1. The first-order chi connectivity index (χ1) is 9.47. The van der Waals surface area contributed by atoms with E-state index in [1.165, 1.54) is 0 Å². The van der Waals surface area contributed by atoms with Crippen LogP contribution in [0, 0.1) is 5.92 Å². The van der Waals surface area contributed by atoms with E-state index in [0.29, 0.717) is 13.0 Å². The molecule has 1 aromatic rings. The van der Waals surface area contributed by atoms with Crippen LogP contribution in [0.2, 0.25) is 0 Å². The van der Waals surface area contributed by atoms with Crippen molar-refractivity contribution in [3.63, 3.8) is 0 Å². The molecule has 1 rings (SSSR count). The summed E-state index contributed by atoms with van der Waals surface area (Å²) in [4.78, 5) is 27.0. The molecule has 0 saturated heterocycles. The molecule has 0 aliphatic carbocycles. The number of nitrogens with one attached hydrogen (secondary N) is 3. The molecule has 0 saturated carbocycles. The number of nitrogens with zero attached hydrogens (tertiary/aromatic N) is 2. The van der Waals surface area contributed by atoms with Crippen LogP contribution in [-0.2, 0) is 4.79 Å². The Hall–Kier alpha value is -2.32. The summed E-state index contributed by atoms with van der Waals surface area (Å²) in [5, 5.41) is 11.2. The number of anilines is 1. The van der Waals surface area contributed by atoms with Gasteiger partial charge in [0.25, 0.3) is 0 Å². The van der Waals surface area contributed by atoms with Crippen LogP contribution in [0.4, 0.5) is 10.7 Å². The minimum atomic E-state index is -0.752. The van der Waals surface area contributed by atoms with Gasteiger partial charge in [-0.05, 0) is 12.8 Å². The van der Waals surface area contributed by atoms with Gasteiger partial charge in [0.1, 0.15) is 6.04 Å². The largest absolute Gasteiger partial charge is 0.463 e. The van der Waals surface area contributed by atoms with Crippen molar-refractivity contribution in [3.05, 3.63) is 0 Å². The lowest BCUT2D eigenvalue weighted by Gasteiger charge is -2.21. The number of aromatic amines is 1. The third-order valence-corrected chi connectivity index (χ3v) is 2.77. The summed E-state index contributed by atoms with van der Waals surface area (Å²) in [7, 11) is 0. The lowest BCUT2D eigenvalue weighted by molar-refractivity contribution is -0.119. The molecular formula is C11H20N6O3. The van der Waals surface area contributed by atoms with Gasteiger partial charge in [-0.3, -0.25) is 10.1 Å². The second-order valence-corrected chi connectivity index (χ2v) is 4.26. The third kappa shape index (κ3) is 4.41. The molecule has 2 atom stereocenters. The molecule has 9 heteroatoms. The number of ether oxygens (including phenoxy) is 1. The van der Waals surface area contributed by atoms with E-state index in [9.17, 15) is 9.59 Å². The molecular weight excluding hydrogens is 264 g/mol.